The van der Waals surface area contributed by atoms with E-state index in [9.17, 15) is 4.79 Å². The molecule has 0 bridgehead atoms. The van der Waals surface area contributed by atoms with Crippen LogP contribution in [-0.2, 0) is 20.8 Å². The molecule has 1 saturated heterocycles. The van der Waals surface area contributed by atoms with Gasteiger partial charge in [-0.05, 0) is 12.1 Å². The van der Waals surface area contributed by atoms with E-state index in [1.165, 1.54) is 7.11 Å². The molecule has 3 rings (SSSR count). The SMILES string of the molecule is COC(=O)C1COCC1=NCc1nc2ccccc2s1. The number of hydrogen-bond acceptors (Lipinski definition) is 6. The number of rotatable bonds is 3. The minimum absolute atomic E-state index is 0.287. The minimum Gasteiger partial charge on any atom is -0.468 e. The van der Waals surface area contributed by atoms with Crippen LogP contribution in [0, 0.1) is 5.92 Å². The van der Waals surface area contributed by atoms with Crippen LogP contribution in [0.4, 0.5) is 0 Å². The zero-order valence-corrected chi connectivity index (χ0v) is 11.9. The van der Waals surface area contributed by atoms with Gasteiger partial charge in [0.25, 0.3) is 0 Å². The van der Waals surface area contributed by atoms with Gasteiger partial charge in [0.15, 0.2) is 0 Å². The van der Waals surface area contributed by atoms with E-state index in [-0.39, 0.29) is 11.9 Å². The predicted molar refractivity (Wildman–Crippen MR) is 77.1 cm³/mol. The molecular formula is C14H14N2O3S. The van der Waals surface area contributed by atoms with E-state index < -0.39 is 0 Å². The van der Waals surface area contributed by atoms with Gasteiger partial charge in [-0.1, -0.05) is 12.1 Å². The summed E-state index contributed by atoms with van der Waals surface area (Å²) in [5.41, 5.74) is 1.73. The van der Waals surface area contributed by atoms with Crippen molar-refractivity contribution < 1.29 is 14.3 Å². The van der Waals surface area contributed by atoms with Crippen molar-refractivity contribution >= 4 is 33.2 Å². The molecule has 0 radical (unpaired) electrons. The smallest absolute Gasteiger partial charge is 0.316 e. The molecule has 1 unspecified atom stereocenters. The Balaban J connectivity index is 1.77. The molecule has 1 aliphatic rings. The normalized spacial score (nSPS) is 20.6. The number of aromatic nitrogens is 1. The summed E-state index contributed by atoms with van der Waals surface area (Å²) in [7, 11) is 1.38. The number of benzene rings is 1. The largest absolute Gasteiger partial charge is 0.468 e. The first-order valence-corrected chi connectivity index (χ1v) is 7.13. The molecule has 5 nitrogen and oxygen atoms in total. The molecule has 2 heterocycles. The number of thiazole rings is 1. The first-order valence-electron chi connectivity index (χ1n) is 6.31. The molecule has 20 heavy (non-hydrogen) atoms. The maximum Gasteiger partial charge on any atom is 0.316 e. The molecule has 0 aliphatic carbocycles. The van der Waals surface area contributed by atoms with Crippen molar-refractivity contribution in [3.05, 3.63) is 29.3 Å². The van der Waals surface area contributed by atoms with E-state index >= 15 is 0 Å². The summed E-state index contributed by atoms with van der Waals surface area (Å²) in [5.74, 6) is -0.653. The van der Waals surface area contributed by atoms with Crippen molar-refractivity contribution in [2.75, 3.05) is 20.3 Å². The summed E-state index contributed by atoms with van der Waals surface area (Å²) in [5, 5.41) is 0.939. The Kier molecular flexibility index (Phi) is 3.75. The Labute approximate surface area is 120 Å². The maximum absolute atomic E-state index is 11.6. The Hall–Kier alpha value is -1.79. The zero-order valence-electron chi connectivity index (χ0n) is 11.0. The van der Waals surface area contributed by atoms with Gasteiger partial charge in [-0.2, -0.15) is 0 Å². The van der Waals surface area contributed by atoms with Crippen LogP contribution in [-0.4, -0.2) is 37.0 Å². The van der Waals surface area contributed by atoms with Crippen LogP contribution in [0.1, 0.15) is 5.01 Å². The van der Waals surface area contributed by atoms with E-state index in [1.54, 1.807) is 11.3 Å². The summed E-state index contributed by atoms with van der Waals surface area (Å²) >= 11 is 1.62. The molecule has 1 aromatic carbocycles. The Morgan fingerprint density at radius 1 is 1.55 bits per heavy atom. The Bertz CT molecular complexity index is 632. The van der Waals surface area contributed by atoms with Crippen LogP contribution in [0.5, 0.6) is 0 Å². The summed E-state index contributed by atoms with van der Waals surface area (Å²) in [6.45, 7) is 1.22. The number of nitrogens with zero attached hydrogens (tertiary/aromatic N) is 2. The minimum atomic E-state index is -0.366. The second-order valence-corrected chi connectivity index (χ2v) is 5.59. The lowest BCUT2D eigenvalue weighted by Gasteiger charge is -2.05. The summed E-state index contributed by atoms with van der Waals surface area (Å²) in [6, 6.07) is 7.99. The van der Waals surface area contributed by atoms with Gasteiger partial charge in [-0.25, -0.2) is 4.98 Å². The second kappa shape index (κ2) is 5.68. The van der Waals surface area contributed by atoms with Gasteiger partial charge < -0.3 is 9.47 Å². The van der Waals surface area contributed by atoms with Crippen molar-refractivity contribution in [2.45, 2.75) is 6.54 Å². The average Bonchev–Trinajstić information content (AvgIpc) is 3.10. The Morgan fingerprint density at radius 3 is 3.20 bits per heavy atom. The topological polar surface area (TPSA) is 60.8 Å². The second-order valence-electron chi connectivity index (χ2n) is 4.47. The van der Waals surface area contributed by atoms with Gasteiger partial charge in [0.1, 0.15) is 10.9 Å². The number of carbonyl (C=O) groups is 1. The molecule has 1 aromatic heterocycles. The zero-order chi connectivity index (χ0) is 13.9. The molecule has 0 spiro atoms. The van der Waals surface area contributed by atoms with Crippen LogP contribution in [0.25, 0.3) is 10.2 Å². The lowest BCUT2D eigenvalue weighted by atomic mass is 10.1. The van der Waals surface area contributed by atoms with Gasteiger partial charge in [-0.15, -0.1) is 11.3 Å². The highest BCUT2D eigenvalue weighted by molar-refractivity contribution is 7.18. The highest BCUT2D eigenvalue weighted by Crippen LogP contribution is 2.22. The molecule has 104 valence electrons. The van der Waals surface area contributed by atoms with E-state index in [2.05, 4.69) is 9.98 Å². The monoisotopic (exact) mass is 290 g/mol. The molecular weight excluding hydrogens is 276 g/mol. The number of methoxy groups -OCH3 is 1. The van der Waals surface area contributed by atoms with E-state index in [0.717, 1.165) is 20.9 Å². The van der Waals surface area contributed by atoms with Crippen LogP contribution >= 0.6 is 11.3 Å². The van der Waals surface area contributed by atoms with E-state index in [1.807, 2.05) is 24.3 Å². The number of fused-ring (bicyclic) bond motifs is 1. The van der Waals surface area contributed by atoms with Crippen molar-refractivity contribution in [3.63, 3.8) is 0 Å². The van der Waals surface area contributed by atoms with Gasteiger partial charge >= 0.3 is 5.97 Å². The lowest BCUT2D eigenvalue weighted by molar-refractivity contribution is -0.143. The molecule has 1 atom stereocenters. The van der Waals surface area contributed by atoms with Crippen molar-refractivity contribution in [1.82, 2.24) is 4.98 Å². The fraction of sp³-hybridized carbons (Fsp3) is 0.357. The highest BCUT2D eigenvalue weighted by Gasteiger charge is 2.30. The Morgan fingerprint density at radius 2 is 2.40 bits per heavy atom. The third kappa shape index (κ3) is 2.57. The van der Waals surface area contributed by atoms with Crippen LogP contribution in [0.15, 0.2) is 29.3 Å². The van der Waals surface area contributed by atoms with Crippen molar-refractivity contribution in [2.24, 2.45) is 10.9 Å². The lowest BCUT2D eigenvalue weighted by Crippen LogP contribution is -2.23. The number of aliphatic imine (C=N–C) groups is 1. The van der Waals surface area contributed by atoms with Crippen LogP contribution in [0.2, 0.25) is 0 Å². The third-order valence-corrected chi connectivity index (χ3v) is 4.20. The first-order chi connectivity index (χ1) is 9.78. The quantitative estimate of drug-likeness (QED) is 0.812. The molecule has 0 saturated carbocycles. The summed E-state index contributed by atoms with van der Waals surface area (Å²) < 4.78 is 11.2. The van der Waals surface area contributed by atoms with E-state index in [4.69, 9.17) is 9.47 Å². The molecule has 1 aliphatic heterocycles. The summed E-state index contributed by atoms with van der Waals surface area (Å²) in [4.78, 5) is 20.6. The fourth-order valence-corrected chi connectivity index (χ4v) is 3.03. The molecule has 0 amide bonds. The number of ether oxygens (including phenoxy) is 2. The summed E-state index contributed by atoms with van der Waals surface area (Å²) in [6.07, 6.45) is 0. The first kappa shape index (κ1) is 13.2. The highest BCUT2D eigenvalue weighted by atomic mass is 32.1. The number of carbonyl (C=O) groups excluding carboxylic acids is 1. The van der Waals surface area contributed by atoms with Gasteiger partial charge in [-0.3, -0.25) is 9.79 Å². The molecule has 2 aromatic rings. The maximum atomic E-state index is 11.6. The molecule has 0 N–H and O–H groups in total. The number of para-hydroxylation sites is 1. The standard InChI is InChI=1S/C14H14N2O3S/c1-18-14(17)9-7-19-8-11(9)15-6-13-16-10-4-2-3-5-12(10)20-13/h2-5,9H,6-8H2,1H3. The van der Waals surface area contributed by atoms with Gasteiger partial charge in [0, 0.05) is 0 Å². The van der Waals surface area contributed by atoms with Gasteiger partial charge in [0.2, 0.25) is 0 Å². The average molecular weight is 290 g/mol. The van der Waals surface area contributed by atoms with Gasteiger partial charge in [0.05, 0.1) is 42.8 Å². The molecule has 1 fully saturated rings. The van der Waals surface area contributed by atoms with Crippen molar-refractivity contribution in [3.8, 4) is 0 Å². The van der Waals surface area contributed by atoms with Crippen molar-refractivity contribution in [1.29, 1.82) is 0 Å². The third-order valence-electron chi connectivity index (χ3n) is 3.18. The fourth-order valence-electron chi connectivity index (χ4n) is 2.14. The predicted octanol–water partition coefficient (Wildman–Crippen LogP) is 2.06. The van der Waals surface area contributed by atoms with Crippen LogP contribution in [0.3, 0.4) is 0 Å². The number of hydrogen-bond donors (Lipinski definition) is 0. The number of esters is 1. The van der Waals surface area contributed by atoms with Crippen LogP contribution < -0.4 is 0 Å². The van der Waals surface area contributed by atoms with E-state index in [0.29, 0.717) is 19.8 Å². The molecule has 6 heteroatoms.